The predicted octanol–water partition coefficient (Wildman–Crippen LogP) is 2.84. The van der Waals surface area contributed by atoms with Crippen molar-refractivity contribution in [3.63, 3.8) is 0 Å². The van der Waals surface area contributed by atoms with Crippen LogP contribution in [0.4, 0.5) is 13.2 Å². The lowest BCUT2D eigenvalue weighted by Crippen LogP contribution is -2.03. The topological polar surface area (TPSA) is 40.9 Å². The normalized spacial score (nSPS) is 10.1. The number of rotatable bonds is 2. The highest BCUT2D eigenvalue weighted by molar-refractivity contribution is 5.96. The first kappa shape index (κ1) is 11.2. The number of ketones is 1. The van der Waals surface area contributed by atoms with Crippen LogP contribution in [0.3, 0.4) is 0 Å². The number of hydrogen-bond donors (Lipinski definition) is 0. The van der Waals surface area contributed by atoms with Crippen molar-refractivity contribution in [3.05, 3.63) is 34.6 Å². The van der Waals surface area contributed by atoms with E-state index in [9.17, 15) is 18.0 Å². The molecule has 0 atom stereocenters. The molecule has 0 fully saturated rings. The van der Waals surface area contributed by atoms with E-state index in [4.69, 9.17) is 5.26 Å². The Bertz CT molecular complexity index is 449. The monoisotopic (exact) mass is 213 g/mol. The quantitative estimate of drug-likeness (QED) is 0.708. The molecule has 0 radical (unpaired) electrons. The Kier molecular flexibility index (Phi) is 3.10. The van der Waals surface area contributed by atoms with Gasteiger partial charge in [-0.25, -0.2) is 13.2 Å². The first-order valence-corrected chi connectivity index (χ1v) is 4.00. The third kappa shape index (κ3) is 2.15. The van der Waals surface area contributed by atoms with Crippen LogP contribution in [-0.2, 0) is 0 Å². The third-order valence-corrected chi connectivity index (χ3v) is 1.86. The van der Waals surface area contributed by atoms with Crippen LogP contribution >= 0.6 is 0 Å². The number of halogens is 3. The molecular weight excluding hydrogens is 207 g/mol. The van der Waals surface area contributed by atoms with E-state index in [0.717, 1.165) is 13.0 Å². The molecule has 2 nitrogen and oxygen atoms in total. The Morgan fingerprint density at radius 2 is 2.07 bits per heavy atom. The molecule has 78 valence electrons. The molecule has 15 heavy (non-hydrogen) atoms. The van der Waals surface area contributed by atoms with Gasteiger partial charge in [0.15, 0.2) is 5.78 Å². The SMILES string of the molecule is CC(=O)c1cc(F)cc(C(F)F)c1C#N. The van der Waals surface area contributed by atoms with Crippen molar-refractivity contribution in [3.8, 4) is 6.07 Å². The molecule has 0 aromatic heterocycles. The van der Waals surface area contributed by atoms with E-state index in [-0.39, 0.29) is 5.56 Å². The number of carbonyl (C=O) groups is 1. The van der Waals surface area contributed by atoms with Crippen molar-refractivity contribution in [2.24, 2.45) is 0 Å². The smallest absolute Gasteiger partial charge is 0.265 e. The molecule has 0 N–H and O–H groups in total. The van der Waals surface area contributed by atoms with Gasteiger partial charge in [0, 0.05) is 11.1 Å². The van der Waals surface area contributed by atoms with Gasteiger partial charge in [0.25, 0.3) is 6.43 Å². The average Bonchev–Trinajstić information content (AvgIpc) is 2.16. The molecule has 0 unspecified atom stereocenters. The van der Waals surface area contributed by atoms with Gasteiger partial charge in [0.1, 0.15) is 11.9 Å². The molecule has 0 amide bonds. The van der Waals surface area contributed by atoms with Crippen molar-refractivity contribution in [2.45, 2.75) is 13.3 Å². The Labute approximate surface area is 83.9 Å². The van der Waals surface area contributed by atoms with E-state index in [1.54, 1.807) is 0 Å². The number of alkyl halides is 2. The summed E-state index contributed by atoms with van der Waals surface area (Å²) in [5, 5.41) is 8.63. The summed E-state index contributed by atoms with van der Waals surface area (Å²) >= 11 is 0. The van der Waals surface area contributed by atoms with Crippen molar-refractivity contribution in [2.75, 3.05) is 0 Å². The lowest BCUT2D eigenvalue weighted by Gasteiger charge is -2.06. The van der Waals surface area contributed by atoms with Crippen LogP contribution in [0.15, 0.2) is 12.1 Å². The minimum absolute atomic E-state index is 0.312. The minimum atomic E-state index is -2.98. The molecule has 0 aliphatic carbocycles. The van der Waals surface area contributed by atoms with Gasteiger partial charge in [-0.1, -0.05) is 0 Å². The minimum Gasteiger partial charge on any atom is -0.294 e. The molecule has 5 heteroatoms. The fourth-order valence-electron chi connectivity index (χ4n) is 1.20. The summed E-state index contributed by atoms with van der Waals surface area (Å²) in [5.41, 5.74) is -1.52. The van der Waals surface area contributed by atoms with Crippen LogP contribution in [0, 0.1) is 17.1 Å². The fourth-order valence-corrected chi connectivity index (χ4v) is 1.20. The lowest BCUT2D eigenvalue weighted by atomic mass is 9.99. The van der Waals surface area contributed by atoms with Crippen molar-refractivity contribution >= 4 is 5.78 Å². The van der Waals surface area contributed by atoms with E-state index in [2.05, 4.69) is 0 Å². The largest absolute Gasteiger partial charge is 0.294 e. The second-order valence-corrected chi connectivity index (χ2v) is 2.89. The van der Waals surface area contributed by atoms with Gasteiger partial charge in [-0.05, 0) is 19.1 Å². The van der Waals surface area contributed by atoms with Gasteiger partial charge in [-0.3, -0.25) is 4.79 Å². The second kappa shape index (κ2) is 4.13. The van der Waals surface area contributed by atoms with Gasteiger partial charge < -0.3 is 0 Å². The summed E-state index contributed by atoms with van der Waals surface area (Å²) in [6.45, 7) is 1.09. The zero-order valence-corrected chi connectivity index (χ0v) is 7.72. The number of carbonyl (C=O) groups excluding carboxylic acids is 1. The zero-order valence-electron chi connectivity index (χ0n) is 7.72. The van der Waals surface area contributed by atoms with Crippen molar-refractivity contribution in [1.82, 2.24) is 0 Å². The molecular formula is C10H6F3NO. The highest BCUT2D eigenvalue weighted by Crippen LogP contribution is 2.26. The van der Waals surface area contributed by atoms with Crippen molar-refractivity contribution in [1.29, 1.82) is 5.26 Å². The molecule has 0 saturated carbocycles. The van der Waals surface area contributed by atoms with Gasteiger partial charge in [0.05, 0.1) is 5.56 Å². The number of hydrogen-bond acceptors (Lipinski definition) is 2. The van der Waals surface area contributed by atoms with Gasteiger partial charge in [-0.15, -0.1) is 0 Å². The molecule has 0 aliphatic heterocycles. The Balaban J connectivity index is 3.54. The lowest BCUT2D eigenvalue weighted by molar-refractivity contribution is 0.101. The molecule has 0 spiro atoms. The number of benzene rings is 1. The number of nitriles is 1. The molecule has 0 bridgehead atoms. The Morgan fingerprint density at radius 1 is 1.47 bits per heavy atom. The first-order chi connectivity index (χ1) is 6.97. The van der Waals surface area contributed by atoms with Crippen LogP contribution in [-0.4, -0.2) is 5.78 Å². The van der Waals surface area contributed by atoms with E-state index in [1.807, 2.05) is 0 Å². The summed E-state index contributed by atoms with van der Waals surface area (Å²) in [4.78, 5) is 11.0. The summed E-state index contributed by atoms with van der Waals surface area (Å²) in [6.07, 6.45) is -2.98. The fraction of sp³-hybridized carbons (Fsp3) is 0.200. The summed E-state index contributed by atoms with van der Waals surface area (Å²) in [5.74, 6) is -1.57. The van der Waals surface area contributed by atoms with Crippen LogP contribution in [0.5, 0.6) is 0 Å². The van der Waals surface area contributed by atoms with Crippen LogP contribution in [0.25, 0.3) is 0 Å². The molecule has 0 saturated heterocycles. The summed E-state index contributed by atoms with van der Waals surface area (Å²) < 4.78 is 37.7. The average molecular weight is 213 g/mol. The standard InChI is InChI=1S/C10H6F3NO/c1-5(15)7-2-6(11)3-8(10(12)13)9(7)4-14/h2-3,10H,1H3. The number of Topliss-reactive ketones (excluding diaryl/α,β-unsaturated/α-hetero) is 1. The van der Waals surface area contributed by atoms with E-state index >= 15 is 0 Å². The molecule has 1 rings (SSSR count). The van der Waals surface area contributed by atoms with Crippen molar-refractivity contribution < 1.29 is 18.0 Å². The molecule has 0 aliphatic rings. The second-order valence-electron chi connectivity index (χ2n) is 2.89. The van der Waals surface area contributed by atoms with Crippen LogP contribution in [0.1, 0.15) is 34.8 Å². The summed E-state index contributed by atoms with van der Waals surface area (Å²) in [6, 6.07) is 2.84. The maximum atomic E-state index is 12.9. The predicted molar refractivity (Wildman–Crippen MR) is 46.1 cm³/mol. The van der Waals surface area contributed by atoms with E-state index in [1.165, 1.54) is 6.07 Å². The summed E-state index contributed by atoms with van der Waals surface area (Å²) in [7, 11) is 0. The highest BCUT2D eigenvalue weighted by atomic mass is 19.3. The van der Waals surface area contributed by atoms with Crippen LogP contribution < -0.4 is 0 Å². The van der Waals surface area contributed by atoms with Gasteiger partial charge in [-0.2, -0.15) is 5.26 Å². The maximum absolute atomic E-state index is 12.9. The third-order valence-electron chi connectivity index (χ3n) is 1.86. The molecule has 1 aromatic rings. The van der Waals surface area contributed by atoms with E-state index in [0.29, 0.717) is 6.07 Å². The Morgan fingerprint density at radius 3 is 2.47 bits per heavy atom. The molecule has 1 aromatic carbocycles. The number of nitrogens with zero attached hydrogens (tertiary/aromatic N) is 1. The van der Waals surface area contributed by atoms with E-state index < -0.39 is 29.2 Å². The molecule has 0 heterocycles. The zero-order chi connectivity index (χ0) is 11.6. The highest BCUT2D eigenvalue weighted by Gasteiger charge is 2.19. The first-order valence-electron chi connectivity index (χ1n) is 4.00. The van der Waals surface area contributed by atoms with Gasteiger partial charge >= 0.3 is 0 Å². The van der Waals surface area contributed by atoms with Gasteiger partial charge in [0.2, 0.25) is 0 Å². The Hall–Kier alpha value is -1.83. The van der Waals surface area contributed by atoms with Crippen LogP contribution in [0.2, 0.25) is 0 Å². The maximum Gasteiger partial charge on any atom is 0.265 e.